The lowest BCUT2D eigenvalue weighted by Crippen LogP contribution is -2.47. The highest BCUT2D eigenvalue weighted by atomic mass is 35.5. The van der Waals surface area contributed by atoms with Crippen molar-refractivity contribution in [3.05, 3.63) is 70.4 Å². The maximum absolute atomic E-state index is 13.4. The summed E-state index contributed by atoms with van der Waals surface area (Å²) in [6.07, 6.45) is 0. The average molecular weight is 438 g/mol. The van der Waals surface area contributed by atoms with Gasteiger partial charge in [-0.3, -0.25) is 14.5 Å². The molecule has 0 radical (unpaired) electrons. The molecule has 2 amide bonds. The van der Waals surface area contributed by atoms with E-state index < -0.39 is 0 Å². The van der Waals surface area contributed by atoms with Crippen LogP contribution in [-0.4, -0.2) is 54.3 Å². The summed E-state index contributed by atoms with van der Waals surface area (Å²) >= 11 is 6.06. The average Bonchev–Trinajstić information content (AvgIpc) is 2.99. The Labute approximate surface area is 188 Å². The van der Waals surface area contributed by atoms with Crippen LogP contribution in [0.3, 0.4) is 0 Å². The monoisotopic (exact) mass is 437 g/mol. The van der Waals surface area contributed by atoms with Gasteiger partial charge in [-0.2, -0.15) is 0 Å². The summed E-state index contributed by atoms with van der Waals surface area (Å²) in [5.41, 5.74) is 4.18. The summed E-state index contributed by atoms with van der Waals surface area (Å²) in [4.78, 5) is 32.5. The van der Waals surface area contributed by atoms with E-state index >= 15 is 0 Å². The number of carbonyl (C=O) groups excluding carboxylic acids is 2. The number of anilines is 1. The van der Waals surface area contributed by atoms with Crippen LogP contribution in [0.2, 0.25) is 5.02 Å². The first-order valence-electron chi connectivity index (χ1n) is 10.8. The summed E-state index contributed by atoms with van der Waals surface area (Å²) in [6, 6.07) is 15.6. The summed E-state index contributed by atoms with van der Waals surface area (Å²) in [6.45, 7) is 9.52. The predicted octanol–water partition coefficient (Wildman–Crippen LogP) is 4.21. The highest BCUT2D eigenvalue weighted by Crippen LogP contribution is 2.33. The summed E-state index contributed by atoms with van der Waals surface area (Å²) in [5.74, 6) is -0.193. The van der Waals surface area contributed by atoms with E-state index in [9.17, 15) is 9.59 Å². The molecule has 0 bridgehead atoms. The molecule has 2 heterocycles. The molecular formula is C25H28ClN3O2. The van der Waals surface area contributed by atoms with Gasteiger partial charge in [0.05, 0.1) is 5.57 Å². The zero-order valence-electron chi connectivity index (χ0n) is 18.3. The molecule has 31 heavy (non-hydrogen) atoms. The molecule has 2 aliphatic heterocycles. The molecule has 0 spiro atoms. The van der Waals surface area contributed by atoms with Crippen LogP contribution in [0, 0.1) is 12.8 Å². The number of imide groups is 1. The molecule has 0 N–H and O–H groups in total. The van der Waals surface area contributed by atoms with Crippen LogP contribution in [0.4, 0.5) is 5.69 Å². The number of piperazine rings is 1. The highest BCUT2D eigenvalue weighted by molar-refractivity contribution is 6.36. The normalized spacial score (nSPS) is 17.4. The molecule has 0 saturated carbocycles. The minimum absolute atomic E-state index is 0.187. The number of rotatable bonds is 5. The van der Waals surface area contributed by atoms with Crippen molar-refractivity contribution in [2.75, 3.05) is 37.6 Å². The van der Waals surface area contributed by atoms with E-state index in [-0.39, 0.29) is 17.7 Å². The van der Waals surface area contributed by atoms with Gasteiger partial charge in [-0.1, -0.05) is 49.7 Å². The number of benzene rings is 2. The van der Waals surface area contributed by atoms with Crippen LogP contribution in [0.15, 0.2) is 54.2 Å². The topological polar surface area (TPSA) is 43.9 Å². The number of hydrogen-bond acceptors (Lipinski definition) is 4. The van der Waals surface area contributed by atoms with Crippen LogP contribution < -0.4 is 4.90 Å². The fraction of sp³-hybridized carbons (Fsp3) is 0.360. The molecule has 1 saturated heterocycles. The van der Waals surface area contributed by atoms with Gasteiger partial charge in [-0.15, -0.1) is 0 Å². The van der Waals surface area contributed by atoms with Crippen molar-refractivity contribution in [1.29, 1.82) is 0 Å². The third-order valence-electron chi connectivity index (χ3n) is 5.79. The van der Waals surface area contributed by atoms with E-state index in [4.69, 9.17) is 11.6 Å². The van der Waals surface area contributed by atoms with E-state index in [2.05, 4.69) is 41.0 Å². The van der Waals surface area contributed by atoms with E-state index in [1.54, 1.807) is 12.1 Å². The van der Waals surface area contributed by atoms with Crippen LogP contribution in [-0.2, 0) is 9.59 Å². The summed E-state index contributed by atoms with van der Waals surface area (Å²) < 4.78 is 0. The Bertz CT molecular complexity index is 1020. The number of halogens is 1. The van der Waals surface area contributed by atoms with Crippen molar-refractivity contribution in [3.8, 4) is 0 Å². The molecule has 2 aromatic rings. The highest BCUT2D eigenvalue weighted by Gasteiger charge is 2.42. The molecule has 2 aliphatic rings. The van der Waals surface area contributed by atoms with Gasteiger partial charge < -0.3 is 9.80 Å². The Morgan fingerprint density at radius 1 is 0.903 bits per heavy atom. The summed E-state index contributed by atoms with van der Waals surface area (Å²) in [7, 11) is 0. The molecule has 0 aliphatic carbocycles. The summed E-state index contributed by atoms with van der Waals surface area (Å²) in [5, 5.41) is 0.605. The third kappa shape index (κ3) is 4.33. The second-order valence-electron chi connectivity index (χ2n) is 8.66. The van der Waals surface area contributed by atoms with Gasteiger partial charge in [0.2, 0.25) is 0 Å². The minimum Gasteiger partial charge on any atom is -0.368 e. The lowest BCUT2D eigenvalue weighted by molar-refractivity contribution is -0.138. The van der Waals surface area contributed by atoms with Gasteiger partial charge in [-0.05, 0) is 48.2 Å². The number of nitrogens with zero attached hydrogens (tertiary/aromatic N) is 3. The van der Waals surface area contributed by atoms with Gasteiger partial charge in [0.15, 0.2) is 0 Å². The molecule has 1 fully saturated rings. The third-order valence-corrected chi connectivity index (χ3v) is 6.04. The van der Waals surface area contributed by atoms with E-state index in [1.807, 2.05) is 26.0 Å². The first kappa shape index (κ1) is 21.4. The molecule has 5 nitrogen and oxygen atoms in total. The van der Waals surface area contributed by atoms with Crippen LogP contribution in [0.5, 0.6) is 0 Å². The van der Waals surface area contributed by atoms with Gasteiger partial charge in [0.25, 0.3) is 11.8 Å². The Hall–Kier alpha value is -2.79. The van der Waals surface area contributed by atoms with Crippen molar-refractivity contribution < 1.29 is 9.59 Å². The number of hydrogen-bond donors (Lipinski definition) is 0. The molecular weight excluding hydrogens is 410 g/mol. The molecule has 0 unspecified atom stereocenters. The number of aryl methyl sites for hydroxylation is 1. The maximum Gasteiger partial charge on any atom is 0.277 e. The Kier molecular flexibility index (Phi) is 6.05. The number of carbonyl (C=O) groups is 2. The van der Waals surface area contributed by atoms with Gasteiger partial charge in [-0.25, -0.2) is 0 Å². The van der Waals surface area contributed by atoms with Crippen LogP contribution >= 0.6 is 11.6 Å². The molecule has 162 valence electrons. The van der Waals surface area contributed by atoms with Gasteiger partial charge in [0.1, 0.15) is 5.70 Å². The first-order chi connectivity index (χ1) is 14.8. The zero-order valence-corrected chi connectivity index (χ0v) is 19.0. The molecule has 4 rings (SSSR count). The standard InChI is InChI=1S/C25H28ClN3O2/c1-17(2)16-29-24(30)22(19-7-9-20(26)10-8-19)23(25(29)31)28-13-11-27(12-14-28)21-6-4-5-18(3)15-21/h4-10,15,17H,11-14,16H2,1-3H3. The van der Waals surface area contributed by atoms with Crippen molar-refractivity contribution in [2.24, 2.45) is 5.92 Å². The van der Waals surface area contributed by atoms with Crippen molar-refractivity contribution in [2.45, 2.75) is 20.8 Å². The van der Waals surface area contributed by atoms with Crippen LogP contribution in [0.1, 0.15) is 25.0 Å². The largest absolute Gasteiger partial charge is 0.368 e. The predicted molar refractivity (Wildman–Crippen MR) is 125 cm³/mol. The zero-order chi connectivity index (χ0) is 22.1. The quantitative estimate of drug-likeness (QED) is 0.657. The van der Waals surface area contributed by atoms with E-state index in [1.165, 1.54) is 16.2 Å². The SMILES string of the molecule is Cc1cccc(N2CCN(C3=C(c4ccc(Cl)cc4)C(=O)N(CC(C)C)C3=O)CC2)c1. The molecule has 6 heteroatoms. The van der Waals surface area contributed by atoms with Crippen molar-refractivity contribution in [1.82, 2.24) is 9.80 Å². The minimum atomic E-state index is -0.211. The van der Waals surface area contributed by atoms with Gasteiger partial charge in [0, 0.05) is 43.4 Å². The van der Waals surface area contributed by atoms with Crippen molar-refractivity contribution in [3.63, 3.8) is 0 Å². The van der Waals surface area contributed by atoms with Gasteiger partial charge >= 0.3 is 0 Å². The maximum atomic E-state index is 13.4. The number of amides is 2. The van der Waals surface area contributed by atoms with E-state index in [0.29, 0.717) is 35.9 Å². The Balaban J connectivity index is 1.63. The smallest absolute Gasteiger partial charge is 0.277 e. The Morgan fingerprint density at radius 3 is 2.16 bits per heavy atom. The van der Waals surface area contributed by atoms with Crippen molar-refractivity contribution >= 4 is 34.7 Å². The Morgan fingerprint density at radius 2 is 1.55 bits per heavy atom. The second-order valence-corrected chi connectivity index (χ2v) is 9.09. The van der Waals surface area contributed by atoms with Crippen LogP contribution in [0.25, 0.3) is 5.57 Å². The lowest BCUT2D eigenvalue weighted by Gasteiger charge is -2.38. The van der Waals surface area contributed by atoms with E-state index in [0.717, 1.165) is 18.7 Å². The fourth-order valence-electron chi connectivity index (χ4n) is 4.28. The molecule has 0 atom stereocenters. The molecule has 2 aromatic carbocycles. The first-order valence-corrected chi connectivity index (χ1v) is 11.2. The fourth-order valence-corrected chi connectivity index (χ4v) is 4.40. The second kappa shape index (κ2) is 8.75. The molecule has 0 aromatic heterocycles. The lowest BCUT2D eigenvalue weighted by atomic mass is 10.0.